The van der Waals surface area contributed by atoms with E-state index in [4.69, 9.17) is 10.5 Å². The van der Waals surface area contributed by atoms with E-state index >= 15 is 0 Å². The number of nitrogens with two attached hydrogens (primary N) is 1. The van der Waals surface area contributed by atoms with Gasteiger partial charge in [-0.3, -0.25) is 0 Å². The zero-order valence-corrected chi connectivity index (χ0v) is 13.0. The lowest BCUT2D eigenvalue weighted by Crippen LogP contribution is -2.15. The molecule has 0 spiro atoms. The van der Waals surface area contributed by atoms with Gasteiger partial charge in [-0.2, -0.15) is 0 Å². The molecule has 0 radical (unpaired) electrons. The fraction of sp³-hybridized carbons (Fsp3) is 0.143. The van der Waals surface area contributed by atoms with Crippen molar-refractivity contribution < 1.29 is 13.2 Å². The number of halogens is 1. The minimum Gasteiger partial charge on any atom is -0.490 e. The van der Waals surface area contributed by atoms with Crippen molar-refractivity contribution in [3.05, 3.63) is 53.0 Å². The lowest BCUT2D eigenvalue weighted by atomic mass is 10.3. The maximum absolute atomic E-state index is 12.2. The van der Waals surface area contributed by atoms with E-state index in [-0.39, 0.29) is 17.3 Å². The van der Waals surface area contributed by atoms with Crippen LogP contribution >= 0.6 is 15.9 Å². The number of anilines is 1. The Balaban J connectivity index is 2.04. The molecule has 0 aliphatic carbocycles. The van der Waals surface area contributed by atoms with Gasteiger partial charge in [0.15, 0.2) is 9.84 Å². The second kappa shape index (κ2) is 6.28. The molecule has 106 valence electrons. The molecule has 0 saturated carbocycles. The van der Waals surface area contributed by atoms with Crippen molar-refractivity contribution in [2.75, 3.05) is 18.1 Å². The van der Waals surface area contributed by atoms with E-state index < -0.39 is 9.84 Å². The van der Waals surface area contributed by atoms with Gasteiger partial charge in [0.25, 0.3) is 0 Å². The first-order chi connectivity index (χ1) is 9.50. The van der Waals surface area contributed by atoms with Crippen molar-refractivity contribution in [1.82, 2.24) is 0 Å². The number of sulfone groups is 1. The molecule has 0 aliphatic rings. The summed E-state index contributed by atoms with van der Waals surface area (Å²) in [5.41, 5.74) is 6.22. The fourth-order valence-corrected chi connectivity index (χ4v) is 3.88. The fourth-order valence-electron chi connectivity index (χ4n) is 1.68. The molecular formula is C14H14BrNO3S. The number of hydrogen-bond donors (Lipinski definition) is 1. The van der Waals surface area contributed by atoms with E-state index in [1.54, 1.807) is 48.5 Å². The highest BCUT2D eigenvalue weighted by atomic mass is 79.9. The van der Waals surface area contributed by atoms with Crippen molar-refractivity contribution in [2.45, 2.75) is 4.90 Å². The Morgan fingerprint density at radius 3 is 2.40 bits per heavy atom. The molecule has 0 aliphatic heterocycles. The van der Waals surface area contributed by atoms with Crippen LogP contribution in [0.1, 0.15) is 0 Å². The number of benzene rings is 2. The van der Waals surface area contributed by atoms with Crippen molar-refractivity contribution in [3.63, 3.8) is 0 Å². The zero-order valence-electron chi connectivity index (χ0n) is 10.6. The lowest BCUT2D eigenvalue weighted by Gasteiger charge is -2.10. The molecule has 0 saturated heterocycles. The maximum Gasteiger partial charge on any atom is 0.182 e. The van der Waals surface area contributed by atoms with E-state index in [0.29, 0.717) is 15.9 Å². The van der Waals surface area contributed by atoms with Crippen molar-refractivity contribution in [1.29, 1.82) is 0 Å². The molecule has 2 rings (SSSR count). The second-order valence-electron chi connectivity index (χ2n) is 4.14. The predicted octanol–water partition coefficient (Wildman–Crippen LogP) is 2.88. The highest BCUT2D eigenvalue weighted by Crippen LogP contribution is 2.23. The van der Waals surface area contributed by atoms with E-state index in [1.165, 1.54) is 0 Å². The molecule has 0 fully saturated rings. The molecular weight excluding hydrogens is 342 g/mol. The molecule has 2 aromatic rings. The first-order valence-electron chi connectivity index (χ1n) is 5.95. The summed E-state index contributed by atoms with van der Waals surface area (Å²) in [5.74, 6) is 0.388. The Labute approximate surface area is 126 Å². The molecule has 0 unspecified atom stereocenters. The van der Waals surface area contributed by atoms with Gasteiger partial charge in [0.1, 0.15) is 12.4 Å². The average molecular weight is 356 g/mol. The predicted molar refractivity (Wildman–Crippen MR) is 82.5 cm³/mol. The summed E-state index contributed by atoms with van der Waals surface area (Å²) in [6, 6.07) is 13.7. The van der Waals surface area contributed by atoms with Gasteiger partial charge in [0.05, 0.1) is 16.3 Å². The Morgan fingerprint density at radius 1 is 1.05 bits per heavy atom. The second-order valence-corrected chi connectivity index (χ2v) is 7.07. The van der Waals surface area contributed by atoms with E-state index in [9.17, 15) is 8.42 Å². The smallest absolute Gasteiger partial charge is 0.182 e. The van der Waals surface area contributed by atoms with Gasteiger partial charge in [-0.25, -0.2) is 8.42 Å². The third-order valence-corrected chi connectivity index (χ3v) is 5.38. The van der Waals surface area contributed by atoms with Crippen LogP contribution in [0.5, 0.6) is 5.75 Å². The standard InChI is InChI=1S/C14H14BrNO3S/c15-11-5-1-4-8-14(11)20(17,18)10-9-19-13-7-3-2-6-12(13)16/h1-8H,9-10,16H2. The number of ether oxygens (including phenoxy) is 1. The Bertz CT molecular complexity index is 701. The quantitative estimate of drug-likeness (QED) is 0.837. The zero-order chi connectivity index (χ0) is 14.6. The molecule has 6 heteroatoms. The lowest BCUT2D eigenvalue weighted by molar-refractivity contribution is 0.342. The van der Waals surface area contributed by atoms with Crippen LogP contribution in [-0.2, 0) is 9.84 Å². The summed E-state index contributed by atoms with van der Waals surface area (Å²) in [6.07, 6.45) is 0. The monoisotopic (exact) mass is 355 g/mol. The molecule has 20 heavy (non-hydrogen) atoms. The third-order valence-electron chi connectivity index (χ3n) is 2.70. The SMILES string of the molecule is Nc1ccccc1OCCS(=O)(=O)c1ccccc1Br. The number of para-hydroxylation sites is 2. The minimum absolute atomic E-state index is 0.0535. The first-order valence-corrected chi connectivity index (χ1v) is 8.40. The van der Waals surface area contributed by atoms with E-state index in [1.807, 2.05) is 0 Å². The van der Waals surface area contributed by atoms with Crippen LogP contribution in [0.3, 0.4) is 0 Å². The van der Waals surface area contributed by atoms with E-state index in [2.05, 4.69) is 15.9 Å². The number of nitrogen functional groups attached to an aromatic ring is 1. The highest BCUT2D eigenvalue weighted by Gasteiger charge is 2.17. The molecule has 2 N–H and O–H groups in total. The summed E-state index contributed by atoms with van der Waals surface area (Å²) in [5, 5.41) is 0. The summed E-state index contributed by atoms with van der Waals surface area (Å²) in [4.78, 5) is 0.268. The topological polar surface area (TPSA) is 69.4 Å². The van der Waals surface area contributed by atoms with Crippen LogP contribution in [0.2, 0.25) is 0 Å². The molecule has 2 aromatic carbocycles. The molecule has 0 amide bonds. The molecule has 0 aromatic heterocycles. The molecule has 0 atom stereocenters. The van der Waals surface area contributed by atoms with Gasteiger partial charge in [-0.15, -0.1) is 0 Å². The van der Waals surface area contributed by atoms with Crippen molar-refractivity contribution in [2.24, 2.45) is 0 Å². The molecule has 4 nitrogen and oxygen atoms in total. The summed E-state index contributed by atoms with van der Waals surface area (Å²) < 4.78 is 30.3. The van der Waals surface area contributed by atoms with Crippen LogP contribution in [0.15, 0.2) is 57.9 Å². The van der Waals surface area contributed by atoms with Crippen LogP contribution in [0.4, 0.5) is 5.69 Å². The van der Waals surface area contributed by atoms with Gasteiger partial charge in [0.2, 0.25) is 0 Å². The molecule has 0 heterocycles. The normalized spacial score (nSPS) is 11.2. The number of rotatable bonds is 5. The van der Waals surface area contributed by atoms with Crippen LogP contribution < -0.4 is 10.5 Å². The van der Waals surface area contributed by atoms with Crippen molar-refractivity contribution >= 4 is 31.5 Å². The summed E-state index contributed by atoms with van der Waals surface area (Å²) in [7, 11) is -3.39. The Kier molecular flexibility index (Phi) is 4.67. The number of hydrogen-bond acceptors (Lipinski definition) is 4. The van der Waals surface area contributed by atoms with Gasteiger partial charge >= 0.3 is 0 Å². The Hall–Kier alpha value is -1.53. The Morgan fingerprint density at radius 2 is 1.70 bits per heavy atom. The van der Waals surface area contributed by atoms with Gasteiger partial charge in [-0.05, 0) is 40.2 Å². The van der Waals surface area contributed by atoms with Gasteiger partial charge in [0, 0.05) is 4.47 Å². The van der Waals surface area contributed by atoms with Crippen LogP contribution in [0, 0.1) is 0 Å². The van der Waals surface area contributed by atoms with Crippen LogP contribution in [0.25, 0.3) is 0 Å². The van der Waals surface area contributed by atoms with E-state index in [0.717, 1.165) is 0 Å². The maximum atomic E-state index is 12.2. The summed E-state index contributed by atoms with van der Waals surface area (Å²) >= 11 is 3.24. The van der Waals surface area contributed by atoms with Crippen molar-refractivity contribution in [3.8, 4) is 5.75 Å². The average Bonchev–Trinajstić information content (AvgIpc) is 2.41. The third kappa shape index (κ3) is 3.52. The molecule has 0 bridgehead atoms. The minimum atomic E-state index is -3.39. The van der Waals surface area contributed by atoms with Gasteiger partial charge in [-0.1, -0.05) is 24.3 Å². The largest absolute Gasteiger partial charge is 0.490 e. The highest BCUT2D eigenvalue weighted by molar-refractivity contribution is 9.10. The first kappa shape index (κ1) is 14.9. The van der Waals surface area contributed by atoms with Gasteiger partial charge < -0.3 is 10.5 Å². The van der Waals surface area contributed by atoms with Crippen LogP contribution in [-0.4, -0.2) is 20.8 Å². The summed E-state index contributed by atoms with van der Waals surface area (Å²) in [6.45, 7) is 0.0535.